The molecule has 6 unspecified atom stereocenters. The van der Waals surface area contributed by atoms with Crippen LogP contribution in [0, 0.1) is 17.3 Å². The molecular weight excluding hydrogens is 360 g/mol. The lowest BCUT2D eigenvalue weighted by atomic mass is 9.76. The summed E-state index contributed by atoms with van der Waals surface area (Å²) in [6.07, 6.45) is 6.43. The predicted octanol–water partition coefficient (Wildman–Crippen LogP) is 3.32. The lowest BCUT2D eigenvalue weighted by molar-refractivity contribution is -0.146. The molecule has 1 fully saturated rings. The Kier molecular flexibility index (Phi) is 8.22. The summed E-state index contributed by atoms with van der Waals surface area (Å²) in [5.41, 5.74) is -0.784. The summed E-state index contributed by atoms with van der Waals surface area (Å²) in [6.45, 7) is 8.04. The van der Waals surface area contributed by atoms with Crippen LogP contribution >= 0.6 is 0 Å². The third kappa shape index (κ3) is 6.13. The van der Waals surface area contributed by atoms with E-state index in [1.54, 1.807) is 20.3 Å². The Labute approximate surface area is 168 Å². The van der Waals surface area contributed by atoms with Crippen LogP contribution in [0.25, 0.3) is 0 Å². The second kappa shape index (κ2) is 9.99. The van der Waals surface area contributed by atoms with E-state index in [4.69, 9.17) is 18.9 Å². The van der Waals surface area contributed by atoms with Crippen molar-refractivity contribution < 1.29 is 28.5 Å². The number of methoxy groups -OCH3 is 2. The number of fused-ring (bicyclic) bond motifs is 1. The number of ether oxygens (including phenoxy) is 4. The molecular formula is C22H36O6. The lowest BCUT2D eigenvalue weighted by Crippen LogP contribution is -2.39. The van der Waals surface area contributed by atoms with Gasteiger partial charge in [0.2, 0.25) is 0 Å². The Hall–Kier alpha value is -1.24. The number of cyclic esters (lactones) is 1. The number of epoxide rings is 1. The molecule has 0 saturated carbocycles. The van der Waals surface area contributed by atoms with Gasteiger partial charge in [0.05, 0.1) is 24.9 Å². The SMILES string of the molecule is COCC1CC2OC2CCCC(C)C(OC)C(C)C(=O)C(C)(C)/C=C/C(=O)O1. The molecule has 1 saturated heterocycles. The zero-order chi connectivity index (χ0) is 20.9. The van der Waals surface area contributed by atoms with Crippen molar-refractivity contribution in [2.45, 2.75) is 77.8 Å². The van der Waals surface area contributed by atoms with Crippen LogP contribution in [0.1, 0.15) is 53.4 Å². The molecule has 0 spiro atoms. The maximum absolute atomic E-state index is 13.1. The fourth-order valence-electron chi connectivity index (χ4n) is 4.27. The molecule has 0 N–H and O–H groups in total. The molecule has 28 heavy (non-hydrogen) atoms. The zero-order valence-corrected chi connectivity index (χ0v) is 18.1. The van der Waals surface area contributed by atoms with Crippen LogP contribution in [-0.2, 0) is 28.5 Å². The van der Waals surface area contributed by atoms with E-state index in [1.807, 2.05) is 20.8 Å². The Morgan fingerprint density at radius 1 is 1.14 bits per heavy atom. The third-order valence-electron chi connectivity index (χ3n) is 5.98. The Bertz CT molecular complexity index is 569. The van der Waals surface area contributed by atoms with Crippen LogP contribution in [0.2, 0.25) is 0 Å². The molecule has 0 aromatic carbocycles. The summed E-state index contributed by atoms with van der Waals surface area (Å²) in [4.78, 5) is 25.4. The Morgan fingerprint density at radius 2 is 1.86 bits per heavy atom. The Balaban J connectivity index is 2.19. The van der Waals surface area contributed by atoms with Gasteiger partial charge in [0.25, 0.3) is 0 Å². The molecule has 6 heteroatoms. The maximum atomic E-state index is 13.1. The first kappa shape index (κ1) is 23.0. The summed E-state index contributed by atoms with van der Waals surface area (Å²) in [5, 5.41) is 0. The van der Waals surface area contributed by atoms with E-state index in [0.29, 0.717) is 13.0 Å². The lowest BCUT2D eigenvalue weighted by Gasteiger charge is -2.32. The average Bonchev–Trinajstić information content (AvgIpc) is 3.37. The second-order valence-corrected chi connectivity index (χ2v) is 8.78. The molecule has 0 bridgehead atoms. The van der Waals surface area contributed by atoms with E-state index in [9.17, 15) is 9.59 Å². The number of hydrogen-bond acceptors (Lipinski definition) is 6. The highest BCUT2D eigenvalue weighted by molar-refractivity contribution is 5.90. The van der Waals surface area contributed by atoms with Crippen molar-refractivity contribution in [2.24, 2.45) is 17.3 Å². The van der Waals surface area contributed by atoms with Crippen LogP contribution in [-0.4, -0.2) is 57.0 Å². The molecule has 2 rings (SSSR count). The molecule has 2 aliphatic heterocycles. The van der Waals surface area contributed by atoms with Crippen LogP contribution in [0.3, 0.4) is 0 Å². The van der Waals surface area contributed by atoms with E-state index in [2.05, 4.69) is 6.92 Å². The fourth-order valence-corrected chi connectivity index (χ4v) is 4.27. The summed E-state index contributed by atoms with van der Waals surface area (Å²) in [7, 11) is 3.25. The first-order chi connectivity index (χ1) is 13.2. The number of ketones is 1. The second-order valence-electron chi connectivity index (χ2n) is 8.78. The molecule has 0 radical (unpaired) electrons. The monoisotopic (exact) mass is 396 g/mol. The van der Waals surface area contributed by atoms with Gasteiger partial charge in [0.15, 0.2) is 0 Å². The van der Waals surface area contributed by atoms with Crippen molar-refractivity contribution in [3.8, 4) is 0 Å². The van der Waals surface area contributed by atoms with E-state index < -0.39 is 11.4 Å². The average molecular weight is 397 g/mol. The van der Waals surface area contributed by atoms with Gasteiger partial charge in [-0.2, -0.15) is 0 Å². The van der Waals surface area contributed by atoms with Crippen molar-refractivity contribution in [1.82, 2.24) is 0 Å². The third-order valence-corrected chi connectivity index (χ3v) is 5.98. The number of esters is 1. The summed E-state index contributed by atoms with van der Waals surface area (Å²) in [5.74, 6) is -0.410. The smallest absolute Gasteiger partial charge is 0.330 e. The molecule has 0 aliphatic carbocycles. The minimum atomic E-state index is -0.784. The maximum Gasteiger partial charge on any atom is 0.330 e. The van der Waals surface area contributed by atoms with E-state index in [-0.39, 0.29) is 42.0 Å². The van der Waals surface area contributed by atoms with Crippen molar-refractivity contribution in [3.05, 3.63) is 12.2 Å². The number of Topliss-reactive ketones (excluding diaryl/α,β-unsaturated/α-hetero) is 1. The molecule has 0 aromatic heterocycles. The number of allylic oxidation sites excluding steroid dienone is 1. The van der Waals surface area contributed by atoms with Crippen LogP contribution < -0.4 is 0 Å². The molecule has 160 valence electrons. The molecule has 2 aliphatic rings. The molecule has 0 aromatic rings. The summed E-state index contributed by atoms with van der Waals surface area (Å²) in [6, 6.07) is 0. The van der Waals surface area contributed by atoms with Crippen molar-refractivity contribution in [2.75, 3.05) is 20.8 Å². The van der Waals surface area contributed by atoms with E-state index in [1.165, 1.54) is 6.08 Å². The highest BCUT2D eigenvalue weighted by atomic mass is 16.6. The van der Waals surface area contributed by atoms with Gasteiger partial charge in [-0.05, 0) is 32.6 Å². The number of hydrogen-bond donors (Lipinski definition) is 0. The van der Waals surface area contributed by atoms with Gasteiger partial charge in [-0.3, -0.25) is 4.79 Å². The van der Waals surface area contributed by atoms with E-state index >= 15 is 0 Å². The van der Waals surface area contributed by atoms with E-state index in [0.717, 1.165) is 19.3 Å². The van der Waals surface area contributed by atoms with Gasteiger partial charge in [-0.15, -0.1) is 0 Å². The minimum absolute atomic E-state index is 0.0568. The topological polar surface area (TPSA) is 74.4 Å². The number of rotatable bonds is 3. The molecule has 6 atom stereocenters. The van der Waals surface area contributed by atoms with Crippen molar-refractivity contribution >= 4 is 11.8 Å². The van der Waals surface area contributed by atoms with Gasteiger partial charge in [-0.25, -0.2) is 4.79 Å². The minimum Gasteiger partial charge on any atom is -0.457 e. The van der Waals surface area contributed by atoms with Crippen LogP contribution in [0.5, 0.6) is 0 Å². The quantitative estimate of drug-likeness (QED) is 0.538. The molecule has 0 amide bonds. The summed E-state index contributed by atoms with van der Waals surface area (Å²) >= 11 is 0. The highest BCUT2D eigenvalue weighted by Gasteiger charge is 2.41. The molecule has 2 heterocycles. The number of carbonyl (C=O) groups excluding carboxylic acids is 2. The molecule has 6 nitrogen and oxygen atoms in total. The van der Waals surface area contributed by atoms with Gasteiger partial charge >= 0.3 is 5.97 Å². The first-order valence-corrected chi connectivity index (χ1v) is 10.3. The zero-order valence-electron chi connectivity index (χ0n) is 18.1. The van der Waals surface area contributed by atoms with Gasteiger partial charge < -0.3 is 18.9 Å². The van der Waals surface area contributed by atoms with Crippen LogP contribution in [0.4, 0.5) is 0 Å². The normalized spacial score (nSPS) is 38.4. The highest BCUT2D eigenvalue weighted by Crippen LogP contribution is 2.34. The van der Waals surface area contributed by atoms with Crippen molar-refractivity contribution in [1.29, 1.82) is 0 Å². The van der Waals surface area contributed by atoms with Gasteiger partial charge in [-0.1, -0.05) is 26.3 Å². The first-order valence-electron chi connectivity index (χ1n) is 10.3. The van der Waals surface area contributed by atoms with Crippen LogP contribution in [0.15, 0.2) is 12.2 Å². The fraction of sp³-hybridized carbons (Fsp3) is 0.818. The van der Waals surface area contributed by atoms with Gasteiger partial charge in [0, 0.05) is 38.0 Å². The van der Waals surface area contributed by atoms with Crippen molar-refractivity contribution in [3.63, 3.8) is 0 Å². The standard InChI is InChI=1S/C22H36O6/c1-14-8-7-9-17-18(28-17)12-16(13-25-5)27-19(23)10-11-22(3,4)21(24)15(2)20(14)26-6/h10-11,14-18,20H,7-9,12-13H2,1-6H3/b11-10+. The largest absolute Gasteiger partial charge is 0.457 e. The predicted molar refractivity (Wildman–Crippen MR) is 106 cm³/mol. The number of carbonyl (C=O) groups is 2. The van der Waals surface area contributed by atoms with Gasteiger partial charge in [0.1, 0.15) is 11.9 Å². The summed E-state index contributed by atoms with van der Waals surface area (Å²) < 4.78 is 22.2. The Morgan fingerprint density at radius 3 is 2.50 bits per heavy atom.